The number of H-pyrrole nitrogens is 1. The van der Waals surface area contributed by atoms with Crippen LogP contribution in [0.15, 0.2) is 24.8 Å². The summed E-state index contributed by atoms with van der Waals surface area (Å²) >= 11 is 0. The van der Waals surface area contributed by atoms with E-state index in [2.05, 4.69) is 30.4 Å². The highest BCUT2D eigenvalue weighted by molar-refractivity contribution is 5.72. The second-order valence-corrected chi connectivity index (χ2v) is 3.59. The zero-order valence-corrected chi connectivity index (χ0v) is 9.25. The fourth-order valence-corrected chi connectivity index (χ4v) is 1.62. The molecule has 3 heterocycles. The fourth-order valence-electron chi connectivity index (χ4n) is 1.62. The van der Waals surface area contributed by atoms with Gasteiger partial charge in [0, 0.05) is 7.05 Å². The number of pyridine rings is 1. The summed E-state index contributed by atoms with van der Waals surface area (Å²) in [6.07, 6.45) is 3.15. The summed E-state index contributed by atoms with van der Waals surface area (Å²) in [5.41, 5.74) is 1.62. The third-order valence-corrected chi connectivity index (χ3v) is 2.43. The lowest BCUT2D eigenvalue weighted by molar-refractivity contribution is 0.661. The van der Waals surface area contributed by atoms with Gasteiger partial charge in [0.15, 0.2) is 5.65 Å². The Balaban J connectivity index is 1.96. The molecule has 0 atom stereocenters. The molecule has 0 aliphatic heterocycles. The highest BCUT2D eigenvalue weighted by atomic mass is 15.3. The first-order valence-corrected chi connectivity index (χ1v) is 5.21. The Bertz CT molecular complexity index is 625. The van der Waals surface area contributed by atoms with Crippen molar-refractivity contribution in [3.8, 4) is 0 Å². The van der Waals surface area contributed by atoms with Crippen molar-refractivity contribution >= 4 is 17.0 Å². The van der Waals surface area contributed by atoms with Crippen LogP contribution in [0.25, 0.3) is 11.2 Å². The lowest BCUT2D eigenvalue weighted by Crippen LogP contribution is -2.01. The van der Waals surface area contributed by atoms with Crippen molar-refractivity contribution in [3.05, 3.63) is 30.6 Å². The zero-order valence-electron chi connectivity index (χ0n) is 9.25. The SMILES string of the molecule is CNc1ccc2[nH]c(Cn3cncn3)nc2n1. The molecular formula is C10H11N7. The molecule has 0 radical (unpaired) electrons. The summed E-state index contributed by atoms with van der Waals surface area (Å²) in [6, 6.07) is 3.85. The van der Waals surface area contributed by atoms with Gasteiger partial charge in [-0.1, -0.05) is 0 Å². The van der Waals surface area contributed by atoms with Gasteiger partial charge < -0.3 is 10.3 Å². The molecule has 3 aromatic heterocycles. The van der Waals surface area contributed by atoms with Crippen molar-refractivity contribution in [2.24, 2.45) is 0 Å². The summed E-state index contributed by atoms with van der Waals surface area (Å²) in [5, 5.41) is 7.01. The molecule has 0 fully saturated rings. The highest BCUT2D eigenvalue weighted by Gasteiger charge is 2.05. The van der Waals surface area contributed by atoms with Gasteiger partial charge in [-0.25, -0.2) is 19.6 Å². The van der Waals surface area contributed by atoms with Crippen LogP contribution in [-0.4, -0.2) is 36.8 Å². The molecule has 3 rings (SSSR count). The third-order valence-electron chi connectivity index (χ3n) is 2.43. The molecule has 0 bridgehead atoms. The number of aromatic amines is 1. The van der Waals surface area contributed by atoms with Crippen molar-refractivity contribution in [1.82, 2.24) is 29.7 Å². The molecular weight excluding hydrogens is 218 g/mol. The Morgan fingerprint density at radius 3 is 3.06 bits per heavy atom. The average molecular weight is 229 g/mol. The Hall–Kier alpha value is -2.44. The molecule has 86 valence electrons. The first-order chi connectivity index (χ1) is 8.35. The summed E-state index contributed by atoms with van der Waals surface area (Å²) in [6.45, 7) is 0.561. The third kappa shape index (κ3) is 1.82. The zero-order chi connectivity index (χ0) is 11.7. The second kappa shape index (κ2) is 3.85. The van der Waals surface area contributed by atoms with Crippen LogP contribution in [-0.2, 0) is 6.54 Å². The standard InChI is InChI=1S/C10H11N7/c1-11-8-3-2-7-10(15-8)16-9(14-7)4-17-6-12-5-13-17/h2-3,5-6H,4H2,1H3,(H2,11,14,15,16). The van der Waals surface area contributed by atoms with Crippen LogP contribution in [0.2, 0.25) is 0 Å². The lowest BCUT2D eigenvalue weighted by atomic mass is 10.4. The van der Waals surface area contributed by atoms with Crippen molar-refractivity contribution in [3.63, 3.8) is 0 Å². The molecule has 3 aromatic rings. The van der Waals surface area contributed by atoms with Gasteiger partial charge in [0.05, 0.1) is 5.52 Å². The minimum absolute atomic E-state index is 0.561. The van der Waals surface area contributed by atoms with Gasteiger partial charge in [-0.3, -0.25) is 0 Å². The lowest BCUT2D eigenvalue weighted by Gasteiger charge is -1.95. The second-order valence-electron chi connectivity index (χ2n) is 3.59. The molecule has 0 unspecified atom stereocenters. The van der Waals surface area contributed by atoms with Gasteiger partial charge in [0.2, 0.25) is 0 Å². The normalized spacial score (nSPS) is 10.9. The van der Waals surface area contributed by atoms with E-state index in [1.54, 1.807) is 11.0 Å². The number of nitrogens with zero attached hydrogens (tertiary/aromatic N) is 5. The molecule has 0 amide bonds. The van der Waals surface area contributed by atoms with Gasteiger partial charge in [0.1, 0.15) is 30.8 Å². The largest absolute Gasteiger partial charge is 0.373 e. The van der Waals surface area contributed by atoms with Crippen LogP contribution < -0.4 is 5.32 Å². The van der Waals surface area contributed by atoms with E-state index in [1.807, 2.05) is 19.2 Å². The van der Waals surface area contributed by atoms with E-state index in [1.165, 1.54) is 6.33 Å². The number of anilines is 1. The number of rotatable bonds is 3. The van der Waals surface area contributed by atoms with E-state index in [0.29, 0.717) is 12.2 Å². The average Bonchev–Trinajstić information content (AvgIpc) is 2.96. The Morgan fingerprint density at radius 1 is 1.35 bits per heavy atom. The van der Waals surface area contributed by atoms with Gasteiger partial charge in [-0.05, 0) is 12.1 Å². The maximum Gasteiger partial charge on any atom is 0.179 e. The molecule has 0 spiro atoms. The summed E-state index contributed by atoms with van der Waals surface area (Å²) in [4.78, 5) is 15.8. The molecule has 7 nitrogen and oxygen atoms in total. The number of hydrogen-bond donors (Lipinski definition) is 2. The smallest absolute Gasteiger partial charge is 0.179 e. The molecule has 17 heavy (non-hydrogen) atoms. The van der Waals surface area contributed by atoms with Crippen LogP contribution in [0.5, 0.6) is 0 Å². The molecule has 7 heteroatoms. The van der Waals surface area contributed by atoms with Crippen molar-refractivity contribution in [2.75, 3.05) is 12.4 Å². The molecule has 0 aromatic carbocycles. The maximum absolute atomic E-state index is 4.40. The minimum atomic E-state index is 0.561. The van der Waals surface area contributed by atoms with E-state index < -0.39 is 0 Å². The predicted molar refractivity (Wildman–Crippen MR) is 62.6 cm³/mol. The Labute approximate surface area is 96.9 Å². The van der Waals surface area contributed by atoms with Gasteiger partial charge in [0.25, 0.3) is 0 Å². The monoisotopic (exact) mass is 229 g/mol. The first kappa shape index (κ1) is 9.76. The van der Waals surface area contributed by atoms with Gasteiger partial charge in [-0.2, -0.15) is 5.10 Å². The van der Waals surface area contributed by atoms with Crippen LogP contribution in [0, 0.1) is 0 Å². The van der Waals surface area contributed by atoms with Crippen LogP contribution in [0.4, 0.5) is 5.82 Å². The first-order valence-electron chi connectivity index (χ1n) is 5.21. The fraction of sp³-hybridized carbons (Fsp3) is 0.200. The van der Waals surface area contributed by atoms with E-state index in [4.69, 9.17) is 0 Å². The van der Waals surface area contributed by atoms with Crippen molar-refractivity contribution < 1.29 is 0 Å². The predicted octanol–water partition coefficient (Wildman–Crippen LogP) is 0.639. The van der Waals surface area contributed by atoms with Crippen LogP contribution in [0.1, 0.15) is 5.82 Å². The minimum Gasteiger partial charge on any atom is -0.373 e. The highest BCUT2D eigenvalue weighted by Crippen LogP contribution is 2.12. The number of aromatic nitrogens is 6. The van der Waals surface area contributed by atoms with Gasteiger partial charge >= 0.3 is 0 Å². The van der Waals surface area contributed by atoms with E-state index in [0.717, 1.165) is 17.2 Å². The Kier molecular flexibility index (Phi) is 2.21. The number of hydrogen-bond acceptors (Lipinski definition) is 5. The molecule has 0 saturated heterocycles. The van der Waals surface area contributed by atoms with E-state index >= 15 is 0 Å². The van der Waals surface area contributed by atoms with E-state index in [-0.39, 0.29) is 0 Å². The Morgan fingerprint density at radius 2 is 2.29 bits per heavy atom. The van der Waals surface area contributed by atoms with Gasteiger partial charge in [-0.15, -0.1) is 0 Å². The summed E-state index contributed by atoms with van der Waals surface area (Å²) in [5.74, 6) is 1.61. The molecule has 0 saturated carbocycles. The van der Waals surface area contributed by atoms with Crippen molar-refractivity contribution in [1.29, 1.82) is 0 Å². The molecule has 0 aliphatic carbocycles. The maximum atomic E-state index is 4.40. The quantitative estimate of drug-likeness (QED) is 0.688. The van der Waals surface area contributed by atoms with Crippen LogP contribution in [0.3, 0.4) is 0 Å². The van der Waals surface area contributed by atoms with E-state index in [9.17, 15) is 0 Å². The number of fused-ring (bicyclic) bond motifs is 1. The molecule has 0 aliphatic rings. The topological polar surface area (TPSA) is 84.3 Å². The number of nitrogens with one attached hydrogen (secondary N) is 2. The van der Waals surface area contributed by atoms with Crippen molar-refractivity contribution in [2.45, 2.75) is 6.54 Å². The molecule has 2 N–H and O–H groups in total. The summed E-state index contributed by atoms with van der Waals surface area (Å²) < 4.78 is 1.71. The summed E-state index contributed by atoms with van der Waals surface area (Å²) in [7, 11) is 1.83. The number of imidazole rings is 1. The van der Waals surface area contributed by atoms with Crippen LogP contribution >= 0.6 is 0 Å².